The molecule has 0 aliphatic heterocycles. The number of carbonyl (C=O) groups is 1. The molecular formula is C13H23N3O. The predicted molar refractivity (Wildman–Crippen MR) is 67.4 cm³/mol. The zero-order chi connectivity index (χ0) is 12.5. The summed E-state index contributed by atoms with van der Waals surface area (Å²) in [6.07, 6.45) is 7.25. The number of hydrogen-bond acceptors (Lipinski definition) is 3. The highest BCUT2D eigenvalue weighted by Gasteiger charge is 2.16. The van der Waals surface area contributed by atoms with E-state index in [1.54, 1.807) is 0 Å². The third-order valence-electron chi connectivity index (χ3n) is 3.33. The highest BCUT2D eigenvalue weighted by atomic mass is 16.2. The summed E-state index contributed by atoms with van der Waals surface area (Å²) in [5.74, 6) is 0.0639. The molecule has 4 nitrogen and oxygen atoms in total. The minimum Gasteiger partial charge on any atom is -0.352 e. The van der Waals surface area contributed by atoms with E-state index in [9.17, 15) is 4.79 Å². The molecule has 96 valence electrons. The second-order valence-corrected chi connectivity index (χ2v) is 4.72. The van der Waals surface area contributed by atoms with Gasteiger partial charge in [-0.3, -0.25) is 9.69 Å². The van der Waals surface area contributed by atoms with Crippen molar-refractivity contribution in [3.8, 4) is 6.07 Å². The molecule has 1 saturated carbocycles. The number of likely N-dealkylation sites (N-methyl/N-ethyl adjacent to an activating group) is 1. The van der Waals surface area contributed by atoms with Crippen LogP contribution in [-0.4, -0.2) is 36.5 Å². The number of nitrogens with one attached hydrogen (secondary N) is 1. The van der Waals surface area contributed by atoms with Gasteiger partial charge in [-0.1, -0.05) is 32.6 Å². The van der Waals surface area contributed by atoms with Crippen LogP contribution in [0.15, 0.2) is 0 Å². The van der Waals surface area contributed by atoms with Crippen LogP contribution in [0.5, 0.6) is 0 Å². The molecule has 0 unspecified atom stereocenters. The van der Waals surface area contributed by atoms with Crippen LogP contribution < -0.4 is 5.32 Å². The summed E-state index contributed by atoms with van der Waals surface area (Å²) in [7, 11) is 0. The van der Waals surface area contributed by atoms with E-state index >= 15 is 0 Å². The van der Waals surface area contributed by atoms with Gasteiger partial charge in [-0.25, -0.2) is 0 Å². The van der Waals surface area contributed by atoms with Crippen molar-refractivity contribution in [2.24, 2.45) is 0 Å². The van der Waals surface area contributed by atoms with Crippen molar-refractivity contribution >= 4 is 5.91 Å². The van der Waals surface area contributed by atoms with Crippen molar-refractivity contribution < 1.29 is 4.79 Å². The Hall–Kier alpha value is -1.08. The van der Waals surface area contributed by atoms with Crippen LogP contribution in [0.2, 0.25) is 0 Å². The maximum atomic E-state index is 11.8. The summed E-state index contributed by atoms with van der Waals surface area (Å²) in [4.78, 5) is 13.7. The Morgan fingerprint density at radius 1 is 1.35 bits per heavy atom. The van der Waals surface area contributed by atoms with Gasteiger partial charge in [0.05, 0.1) is 19.2 Å². The number of amides is 1. The molecule has 1 aliphatic rings. The largest absolute Gasteiger partial charge is 0.352 e. The number of rotatable bonds is 5. The summed E-state index contributed by atoms with van der Waals surface area (Å²) >= 11 is 0. The van der Waals surface area contributed by atoms with E-state index in [2.05, 4.69) is 11.4 Å². The lowest BCUT2D eigenvalue weighted by Crippen LogP contribution is -2.42. The van der Waals surface area contributed by atoms with Crippen LogP contribution in [0, 0.1) is 11.3 Å². The molecule has 0 heterocycles. The van der Waals surface area contributed by atoms with Crippen molar-refractivity contribution in [2.45, 2.75) is 51.5 Å². The summed E-state index contributed by atoms with van der Waals surface area (Å²) < 4.78 is 0. The van der Waals surface area contributed by atoms with Gasteiger partial charge in [0.2, 0.25) is 5.91 Å². The maximum absolute atomic E-state index is 11.8. The van der Waals surface area contributed by atoms with Crippen LogP contribution in [0.25, 0.3) is 0 Å². The molecule has 0 bridgehead atoms. The first-order valence-electron chi connectivity index (χ1n) is 6.65. The number of nitrogens with zero attached hydrogens (tertiary/aromatic N) is 2. The standard InChI is InChI=1S/C13H23N3O/c1-2-16(10-9-14)11-13(17)15-12-7-5-3-4-6-8-12/h12H,2-8,10-11H2,1H3,(H,15,17). The molecule has 0 spiro atoms. The number of carbonyl (C=O) groups excluding carboxylic acids is 1. The van der Waals surface area contributed by atoms with Gasteiger partial charge in [-0.2, -0.15) is 5.26 Å². The van der Waals surface area contributed by atoms with Gasteiger partial charge in [-0.15, -0.1) is 0 Å². The summed E-state index contributed by atoms with van der Waals surface area (Å²) in [6.45, 7) is 3.39. The van der Waals surface area contributed by atoms with Gasteiger partial charge in [0.25, 0.3) is 0 Å². The van der Waals surface area contributed by atoms with Gasteiger partial charge in [0.15, 0.2) is 0 Å². The van der Waals surface area contributed by atoms with Gasteiger partial charge < -0.3 is 5.32 Å². The van der Waals surface area contributed by atoms with Crippen LogP contribution in [0.3, 0.4) is 0 Å². The van der Waals surface area contributed by atoms with Crippen molar-refractivity contribution in [3.05, 3.63) is 0 Å². The Morgan fingerprint density at radius 3 is 2.53 bits per heavy atom. The monoisotopic (exact) mass is 237 g/mol. The summed E-state index contributed by atoms with van der Waals surface area (Å²) in [6, 6.07) is 2.44. The maximum Gasteiger partial charge on any atom is 0.234 e. The Bertz CT molecular complexity index is 264. The number of hydrogen-bond donors (Lipinski definition) is 1. The molecule has 0 atom stereocenters. The molecule has 0 aromatic rings. The van der Waals surface area contributed by atoms with E-state index in [1.807, 2.05) is 11.8 Å². The Kier molecular flexibility index (Phi) is 6.64. The molecule has 1 rings (SSSR count). The fourth-order valence-corrected chi connectivity index (χ4v) is 2.28. The smallest absolute Gasteiger partial charge is 0.234 e. The molecule has 1 aliphatic carbocycles. The fraction of sp³-hybridized carbons (Fsp3) is 0.846. The highest BCUT2D eigenvalue weighted by molar-refractivity contribution is 5.78. The zero-order valence-electron chi connectivity index (χ0n) is 10.7. The lowest BCUT2D eigenvalue weighted by molar-refractivity contribution is -0.122. The van der Waals surface area contributed by atoms with Crippen molar-refractivity contribution in [2.75, 3.05) is 19.6 Å². The van der Waals surface area contributed by atoms with Crippen LogP contribution in [-0.2, 0) is 4.79 Å². The lowest BCUT2D eigenvalue weighted by atomic mass is 10.1. The van der Waals surface area contributed by atoms with Crippen molar-refractivity contribution in [1.29, 1.82) is 5.26 Å². The molecule has 0 radical (unpaired) electrons. The molecular weight excluding hydrogens is 214 g/mol. The molecule has 0 aromatic heterocycles. The molecule has 0 saturated heterocycles. The minimum atomic E-state index is 0.0639. The second kappa shape index (κ2) is 8.08. The Labute approximate surface area is 104 Å². The van der Waals surface area contributed by atoms with Gasteiger partial charge in [0, 0.05) is 6.04 Å². The lowest BCUT2D eigenvalue weighted by Gasteiger charge is -2.20. The zero-order valence-corrected chi connectivity index (χ0v) is 10.7. The third-order valence-corrected chi connectivity index (χ3v) is 3.33. The predicted octanol–water partition coefficient (Wildman–Crippen LogP) is 1.67. The first-order chi connectivity index (χ1) is 8.26. The van der Waals surface area contributed by atoms with E-state index in [-0.39, 0.29) is 5.91 Å². The van der Waals surface area contributed by atoms with E-state index in [0.717, 1.165) is 19.4 Å². The molecule has 4 heteroatoms. The van der Waals surface area contributed by atoms with Gasteiger partial charge in [0.1, 0.15) is 0 Å². The first-order valence-corrected chi connectivity index (χ1v) is 6.65. The molecule has 0 aromatic carbocycles. The van der Waals surface area contributed by atoms with Crippen LogP contribution in [0.1, 0.15) is 45.4 Å². The Balaban J connectivity index is 2.29. The van der Waals surface area contributed by atoms with Crippen molar-refractivity contribution in [1.82, 2.24) is 10.2 Å². The highest BCUT2D eigenvalue weighted by Crippen LogP contribution is 2.17. The first kappa shape index (κ1) is 14.0. The Morgan fingerprint density at radius 2 is 2.00 bits per heavy atom. The second-order valence-electron chi connectivity index (χ2n) is 4.72. The molecule has 1 N–H and O–H groups in total. The van der Waals surface area contributed by atoms with Crippen LogP contribution in [0.4, 0.5) is 0 Å². The topological polar surface area (TPSA) is 56.1 Å². The van der Waals surface area contributed by atoms with E-state index < -0.39 is 0 Å². The quantitative estimate of drug-likeness (QED) is 0.584. The average Bonchev–Trinajstić information content (AvgIpc) is 2.57. The summed E-state index contributed by atoms with van der Waals surface area (Å²) in [5.41, 5.74) is 0. The minimum absolute atomic E-state index is 0.0639. The molecule has 1 amide bonds. The SMILES string of the molecule is CCN(CC#N)CC(=O)NC1CCCCCC1. The van der Waals surface area contributed by atoms with E-state index in [0.29, 0.717) is 19.1 Å². The molecule has 17 heavy (non-hydrogen) atoms. The van der Waals surface area contributed by atoms with Gasteiger partial charge >= 0.3 is 0 Å². The van der Waals surface area contributed by atoms with Crippen LogP contribution >= 0.6 is 0 Å². The fourth-order valence-electron chi connectivity index (χ4n) is 2.28. The third kappa shape index (κ3) is 5.69. The van der Waals surface area contributed by atoms with Gasteiger partial charge in [-0.05, 0) is 19.4 Å². The van der Waals surface area contributed by atoms with E-state index in [1.165, 1.54) is 25.7 Å². The normalized spacial score (nSPS) is 17.5. The number of nitriles is 1. The van der Waals surface area contributed by atoms with E-state index in [4.69, 9.17) is 5.26 Å². The van der Waals surface area contributed by atoms with Crippen molar-refractivity contribution in [3.63, 3.8) is 0 Å². The molecule has 1 fully saturated rings. The average molecular weight is 237 g/mol. The summed E-state index contributed by atoms with van der Waals surface area (Å²) in [5, 5.41) is 11.7.